The predicted molar refractivity (Wildman–Crippen MR) is 137 cm³/mol. The number of carbonyl (C=O) groups is 2. The van der Waals surface area contributed by atoms with Crippen LogP contribution in [-0.2, 0) is 0 Å². The number of benzene rings is 3. The first-order chi connectivity index (χ1) is 16.8. The van der Waals surface area contributed by atoms with Crippen LogP contribution in [0.1, 0.15) is 34.6 Å². The van der Waals surface area contributed by atoms with Crippen LogP contribution in [0.5, 0.6) is 17.2 Å². The van der Waals surface area contributed by atoms with Crippen LogP contribution in [0.15, 0.2) is 66.7 Å². The minimum Gasteiger partial charge on any atom is -0.497 e. The van der Waals surface area contributed by atoms with Crippen LogP contribution in [0, 0.1) is 5.41 Å². The molecule has 0 unspecified atom stereocenters. The number of hydrogen-bond donors (Lipinski definition) is 3. The normalized spacial score (nSPS) is 10.9. The Morgan fingerprint density at radius 2 is 1.40 bits per heavy atom. The molecule has 0 saturated carbocycles. The van der Waals surface area contributed by atoms with Crippen LogP contribution in [0.4, 0.5) is 11.4 Å². The first kappa shape index (κ1) is 25.6. The molecule has 3 aromatic carbocycles. The quantitative estimate of drug-likeness (QED) is 0.394. The fourth-order valence-corrected chi connectivity index (χ4v) is 3.10. The van der Waals surface area contributed by atoms with Crippen molar-refractivity contribution in [2.24, 2.45) is 11.1 Å². The molecular formula is C27H31N3O5. The van der Waals surface area contributed by atoms with E-state index < -0.39 is 0 Å². The third-order valence-corrected chi connectivity index (χ3v) is 5.38. The monoisotopic (exact) mass is 477 g/mol. The number of methoxy groups -OCH3 is 2. The molecule has 0 saturated heterocycles. The summed E-state index contributed by atoms with van der Waals surface area (Å²) in [6.45, 7) is 4.72. The molecule has 0 aliphatic carbocycles. The van der Waals surface area contributed by atoms with Gasteiger partial charge in [0, 0.05) is 23.6 Å². The number of para-hydroxylation sites is 2. The number of nitrogens with two attached hydrogens (primary N) is 1. The molecule has 2 amide bonds. The van der Waals surface area contributed by atoms with Crippen LogP contribution < -0.4 is 30.6 Å². The molecule has 0 fully saturated rings. The van der Waals surface area contributed by atoms with Crippen molar-refractivity contribution in [1.29, 1.82) is 0 Å². The third kappa shape index (κ3) is 6.74. The van der Waals surface area contributed by atoms with Gasteiger partial charge >= 0.3 is 0 Å². The maximum absolute atomic E-state index is 13.2. The maximum Gasteiger partial charge on any atom is 0.259 e. The number of carbonyl (C=O) groups excluding carboxylic acids is 2. The Kier molecular flexibility index (Phi) is 8.33. The van der Waals surface area contributed by atoms with E-state index in [4.69, 9.17) is 19.9 Å². The minimum atomic E-state index is -0.389. The van der Waals surface area contributed by atoms with Crippen molar-refractivity contribution < 1.29 is 23.8 Å². The third-order valence-electron chi connectivity index (χ3n) is 5.38. The Labute approximate surface area is 205 Å². The second-order valence-corrected chi connectivity index (χ2v) is 8.70. The number of amides is 2. The van der Waals surface area contributed by atoms with Crippen molar-refractivity contribution in [3.8, 4) is 17.2 Å². The number of hydrogen-bond acceptors (Lipinski definition) is 6. The maximum atomic E-state index is 13.2. The van der Waals surface area contributed by atoms with Crippen molar-refractivity contribution in [2.45, 2.75) is 13.8 Å². The Balaban J connectivity index is 1.81. The molecule has 0 heterocycles. The molecule has 0 aliphatic rings. The summed E-state index contributed by atoms with van der Waals surface area (Å²) >= 11 is 0. The predicted octanol–water partition coefficient (Wildman–Crippen LogP) is 4.57. The summed E-state index contributed by atoms with van der Waals surface area (Å²) in [6.07, 6.45) is 0. The van der Waals surface area contributed by atoms with E-state index in [1.165, 1.54) is 0 Å². The number of rotatable bonds is 10. The van der Waals surface area contributed by atoms with Crippen molar-refractivity contribution in [1.82, 2.24) is 0 Å². The van der Waals surface area contributed by atoms with Crippen LogP contribution in [0.2, 0.25) is 0 Å². The molecule has 35 heavy (non-hydrogen) atoms. The molecule has 0 atom stereocenters. The molecule has 3 rings (SSSR count). The van der Waals surface area contributed by atoms with Gasteiger partial charge in [-0.25, -0.2) is 0 Å². The second-order valence-electron chi connectivity index (χ2n) is 8.70. The van der Waals surface area contributed by atoms with Crippen molar-refractivity contribution >= 4 is 23.2 Å². The topological polar surface area (TPSA) is 112 Å². The Morgan fingerprint density at radius 3 is 1.97 bits per heavy atom. The SMILES string of the molecule is COc1ccc(C(=O)Nc2ccccc2NC(=O)c2ccc(OC)cc2OCC(C)(C)CN)cc1. The van der Waals surface area contributed by atoms with Gasteiger partial charge in [-0.3, -0.25) is 9.59 Å². The fraction of sp³-hybridized carbons (Fsp3) is 0.259. The lowest BCUT2D eigenvalue weighted by Crippen LogP contribution is -2.30. The number of ether oxygens (including phenoxy) is 3. The smallest absolute Gasteiger partial charge is 0.259 e. The first-order valence-electron chi connectivity index (χ1n) is 11.1. The highest BCUT2D eigenvalue weighted by Gasteiger charge is 2.21. The van der Waals surface area contributed by atoms with Gasteiger partial charge in [-0.2, -0.15) is 0 Å². The molecule has 4 N–H and O–H groups in total. The van der Waals surface area contributed by atoms with E-state index in [1.807, 2.05) is 13.8 Å². The first-order valence-corrected chi connectivity index (χ1v) is 11.1. The molecule has 0 aromatic heterocycles. The average molecular weight is 478 g/mol. The van der Waals surface area contributed by atoms with E-state index in [-0.39, 0.29) is 17.2 Å². The largest absolute Gasteiger partial charge is 0.497 e. The Hall–Kier alpha value is -4.04. The summed E-state index contributed by atoms with van der Waals surface area (Å²) in [5.41, 5.74) is 7.24. The van der Waals surface area contributed by atoms with Crippen LogP contribution in [0.25, 0.3) is 0 Å². The lowest BCUT2D eigenvalue weighted by Gasteiger charge is -2.23. The van der Waals surface area contributed by atoms with E-state index in [1.54, 1.807) is 80.9 Å². The lowest BCUT2D eigenvalue weighted by atomic mass is 9.95. The summed E-state index contributed by atoms with van der Waals surface area (Å²) in [5, 5.41) is 5.72. The van der Waals surface area contributed by atoms with Crippen molar-refractivity contribution in [2.75, 3.05) is 38.0 Å². The summed E-state index contributed by atoms with van der Waals surface area (Å²) in [7, 11) is 3.11. The van der Waals surface area contributed by atoms with Gasteiger partial charge in [0.05, 0.1) is 37.8 Å². The van der Waals surface area contributed by atoms with Crippen LogP contribution in [0.3, 0.4) is 0 Å². The van der Waals surface area contributed by atoms with Crippen molar-refractivity contribution in [3.63, 3.8) is 0 Å². The highest BCUT2D eigenvalue weighted by atomic mass is 16.5. The van der Waals surface area contributed by atoms with Crippen LogP contribution in [-0.4, -0.2) is 39.2 Å². The molecule has 8 nitrogen and oxygen atoms in total. The molecule has 0 radical (unpaired) electrons. The van der Waals surface area contributed by atoms with E-state index in [9.17, 15) is 9.59 Å². The zero-order chi connectivity index (χ0) is 25.4. The van der Waals surface area contributed by atoms with Gasteiger partial charge in [-0.15, -0.1) is 0 Å². The summed E-state index contributed by atoms with van der Waals surface area (Å²) in [5.74, 6) is 0.894. The summed E-state index contributed by atoms with van der Waals surface area (Å²) in [4.78, 5) is 26.0. The van der Waals surface area contributed by atoms with Gasteiger partial charge in [-0.05, 0) is 48.5 Å². The van der Waals surface area contributed by atoms with Gasteiger partial charge in [0.15, 0.2) is 0 Å². The molecule has 184 valence electrons. The zero-order valence-corrected chi connectivity index (χ0v) is 20.4. The molecule has 0 bridgehead atoms. The van der Waals surface area contributed by atoms with E-state index in [2.05, 4.69) is 10.6 Å². The highest BCUT2D eigenvalue weighted by molar-refractivity contribution is 6.10. The molecule has 0 spiro atoms. The molecular weight excluding hydrogens is 446 g/mol. The van der Waals surface area contributed by atoms with E-state index in [0.717, 1.165) is 0 Å². The van der Waals surface area contributed by atoms with Crippen molar-refractivity contribution in [3.05, 3.63) is 77.9 Å². The van der Waals surface area contributed by atoms with Gasteiger partial charge in [0.1, 0.15) is 17.2 Å². The second kappa shape index (κ2) is 11.4. The Morgan fingerprint density at radius 1 is 0.829 bits per heavy atom. The van der Waals surface area contributed by atoms with Crippen LogP contribution >= 0.6 is 0 Å². The minimum absolute atomic E-state index is 0.269. The average Bonchev–Trinajstić information content (AvgIpc) is 2.88. The van der Waals surface area contributed by atoms with Gasteiger partial charge in [0.25, 0.3) is 11.8 Å². The van der Waals surface area contributed by atoms with Gasteiger partial charge in [0.2, 0.25) is 0 Å². The standard InChI is InChI=1S/C27H31N3O5/c1-27(2,16-28)17-35-24-15-20(34-4)13-14-21(24)26(32)30-23-8-6-5-7-22(23)29-25(31)18-9-11-19(33-3)12-10-18/h5-15H,16-17,28H2,1-4H3,(H,29,31)(H,30,32). The van der Waals surface area contributed by atoms with E-state index >= 15 is 0 Å². The molecule has 0 aliphatic heterocycles. The summed E-state index contributed by atoms with van der Waals surface area (Å²) in [6, 6.07) is 18.7. The lowest BCUT2D eigenvalue weighted by molar-refractivity contribution is 0.101. The Bertz CT molecular complexity index is 1180. The van der Waals surface area contributed by atoms with Gasteiger partial charge in [-0.1, -0.05) is 26.0 Å². The fourth-order valence-electron chi connectivity index (χ4n) is 3.10. The van der Waals surface area contributed by atoms with E-state index in [0.29, 0.717) is 52.9 Å². The molecule has 3 aromatic rings. The zero-order valence-electron chi connectivity index (χ0n) is 20.4. The summed E-state index contributed by atoms with van der Waals surface area (Å²) < 4.78 is 16.4. The highest BCUT2D eigenvalue weighted by Crippen LogP contribution is 2.29. The number of anilines is 2. The molecule has 8 heteroatoms. The van der Waals surface area contributed by atoms with Gasteiger partial charge < -0.3 is 30.6 Å². The number of nitrogens with one attached hydrogen (secondary N) is 2.